The highest BCUT2D eigenvalue weighted by molar-refractivity contribution is 14.1. The molecule has 0 saturated heterocycles. The summed E-state index contributed by atoms with van der Waals surface area (Å²) in [5.41, 5.74) is 2.52. The number of rotatable bonds is 4. The van der Waals surface area contributed by atoms with Gasteiger partial charge in [0.2, 0.25) is 5.82 Å². The van der Waals surface area contributed by atoms with Crippen LogP contribution in [0.25, 0.3) is 22.8 Å². The number of aromatic nitrogens is 3. The fourth-order valence-electron chi connectivity index (χ4n) is 1.92. The topological polar surface area (TPSA) is 61.0 Å². The Labute approximate surface area is 147 Å². The molecule has 0 saturated carbocycles. The molecule has 6 heteroatoms. The summed E-state index contributed by atoms with van der Waals surface area (Å²) in [6.07, 6.45) is 6.95. The van der Waals surface area contributed by atoms with Crippen molar-refractivity contribution in [2.45, 2.75) is 6.92 Å². The van der Waals surface area contributed by atoms with Crippen LogP contribution in [-0.2, 0) is 0 Å². The molecule has 0 unspecified atom stereocenters. The quantitative estimate of drug-likeness (QED) is 0.479. The van der Waals surface area contributed by atoms with Crippen LogP contribution in [0.3, 0.4) is 0 Å². The average molecular weight is 417 g/mol. The number of hydrogen-bond donors (Lipinski definition) is 0. The monoisotopic (exact) mass is 417 g/mol. The number of halogens is 1. The Morgan fingerprint density at radius 1 is 1.26 bits per heavy atom. The Morgan fingerprint density at radius 3 is 2.83 bits per heavy atom. The minimum Gasteiger partial charge on any atom is -0.480 e. The molecule has 23 heavy (non-hydrogen) atoms. The Hall–Kier alpha value is -2.40. The van der Waals surface area contributed by atoms with Gasteiger partial charge in [-0.2, -0.15) is 4.98 Å². The highest BCUT2D eigenvalue weighted by Crippen LogP contribution is 2.28. The second-order valence-electron chi connectivity index (χ2n) is 4.75. The van der Waals surface area contributed by atoms with E-state index in [-0.39, 0.29) is 6.61 Å². The zero-order chi connectivity index (χ0) is 16.2. The predicted octanol–water partition coefficient (Wildman–Crippen LogP) is 3.72. The maximum absolute atomic E-state index is 5.51. The van der Waals surface area contributed by atoms with E-state index in [0.717, 1.165) is 20.4 Å². The van der Waals surface area contributed by atoms with Gasteiger partial charge in [-0.25, -0.2) is 0 Å². The van der Waals surface area contributed by atoms with Gasteiger partial charge in [0.05, 0.1) is 3.57 Å². The fourth-order valence-corrected chi connectivity index (χ4v) is 2.42. The molecule has 0 aliphatic carbocycles. The Balaban J connectivity index is 1.91. The maximum Gasteiger partial charge on any atom is 0.258 e. The second-order valence-corrected chi connectivity index (χ2v) is 5.91. The van der Waals surface area contributed by atoms with E-state index in [0.29, 0.717) is 17.5 Å². The van der Waals surface area contributed by atoms with Gasteiger partial charge in [-0.1, -0.05) is 11.1 Å². The van der Waals surface area contributed by atoms with Gasteiger partial charge in [0, 0.05) is 23.0 Å². The van der Waals surface area contributed by atoms with Crippen LogP contribution in [0.1, 0.15) is 5.69 Å². The molecule has 114 valence electrons. The number of terminal acetylenes is 1. The van der Waals surface area contributed by atoms with Crippen LogP contribution in [0.15, 0.2) is 41.1 Å². The third-order valence-electron chi connectivity index (χ3n) is 3.08. The second kappa shape index (κ2) is 6.79. The van der Waals surface area contributed by atoms with Gasteiger partial charge < -0.3 is 9.26 Å². The first kappa shape index (κ1) is 15.5. The number of hydrogen-bond acceptors (Lipinski definition) is 5. The van der Waals surface area contributed by atoms with Crippen molar-refractivity contribution >= 4 is 22.6 Å². The molecule has 0 amide bonds. The van der Waals surface area contributed by atoms with Crippen LogP contribution in [0, 0.1) is 22.8 Å². The molecule has 0 radical (unpaired) electrons. The lowest BCUT2D eigenvalue weighted by Gasteiger charge is -2.05. The first-order valence-corrected chi connectivity index (χ1v) is 7.88. The largest absolute Gasteiger partial charge is 0.480 e. The van der Waals surface area contributed by atoms with Gasteiger partial charge in [0.25, 0.3) is 5.89 Å². The Bertz CT molecular complexity index is 866. The van der Waals surface area contributed by atoms with E-state index in [9.17, 15) is 0 Å². The standard InChI is InChI=1S/C17H12IN3O2/c1-3-8-22-15-9-12(6-7-14(15)18)17-20-16(21-23-17)13-5-4-11(2)19-10-13/h1,4-7,9-10H,8H2,2H3. The number of nitrogens with zero attached hydrogens (tertiary/aromatic N) is 3. The van der Waals surface area contributed by atoms with Crippen molar-refractivity contribution in [2.75, 3.05) is 6.61 Å². The normalized spacial score (nSPS) is 10.3. The summed E-state index contributed by atoms with van der Waals surface area (Å²) in [7, 11) is 0. The number of ether oxygens (including phenoxy) is 1. The van der Waals surface area contributed by atoms with Crippen LogP contribution >= 0.6 is 22.6 Å². The summed E-state index contributed by atoms with van der Waals surface area (Å²) in [5, 5.41) is 4.01. The SMILES string of the molecule is C#CCOc1cc(-c2nc(-c3ccc(C)nc3)no2)ccc1I. The molecule has 1 aromatic carbocycles. The van der Waals surface area contributed by atoms with Crippen LogP contribution in [0.4, 0.5) is 0 Å². The van der Waals surface area contributed by atoms with E-state index in [4.69, 9.17) is 15.7 Å². The summed E-state index contributed by atoms with van der Waals surface area (Å²) >= 11 is 2.19. The van der Waals surface area contributed by atoms with E-state index in [1.165, 1.54) is 0 Å². The summed E-state index contributed by atoms with van der Waals surface area (Å²) in [5.74, 6) is 4.06. The first-order chi connectivity index (χ1) is 11.2. The van der Waals surface area contributed by atoms with Crippen molar-refractivity contribution in [3.8, 4) is 40.9 Å². The molecule has 0 aliphatic rings. The number of aryl methyl sites for hydroxylation is 1. The van der Waals surface area contributed by atoms with Crippen LogP contribution in [0.2, 0.25) is 0 Å². The van der Waals surface area contributed by atoms with Crippen LogP contribution < -0.4 is 4.74 Å². The average Bonchev–Trinajstić information content (AvgIpc) is 3.05. The van der Waals surface area contributed by atoms with E-state index < -0.39 is 0 Å². The molecule has 0 fully saturated rings. The molecular formula is C17H12IN3O2. The van der Waals surface area contributed by atoms with E-state index in [1.54, 1.807) is 6.20 Å². The van der Waals surface area contributed by atoms with Gasteiger partial charge in [0.1, 0.15) is 12.4 Å². The van der Waals surface area contributed by atoms with Crippen molar-refractivity contribution in [1.29, 1.82) is 0 Å². The molecule has 2 aromatic heterocycles. The molecule has 2 heterocycles. The van der Waals surface area contributed by atoms with Crippen molar-refractivity contribution in [2.24, 2.45) is 0 Å². The maximum atomic E-state index is 5.51. The highest BCUT2D eigenvalue weighted by Gasteiger charge is 2.13. The van der Waals surface area contributed by atoms with Crippen LogP contribution in [0.5, 0.6) is 5.75 Å². The third-order valence-corrected chi connectivity index (χ3v) is 3.98. The predicted molar refractivity (Wildman–Crippen MR) is 94.7 cm³/mol. The molecular weight excluding hydrogens is 405 g/mol. The minimum atomic E-state index is 0.212. The summed E-state index contributed by atoms with van der Waals surface area (Å²) in [6, 6.07) is 9.46. The van der Waals surface area contributed by atoms with E-state index >= 15 is 0 Å². The highest BCUT2D eigenvalue weighted by atomic mass is 127. The van der Waals surface area contributed by atoms with Crippen molar-refractivity contribution < 1.29 is 9.26 Å². The molecule has 0 N–H and O–H groups in total. The summed E-state index contributed by atoms with van der Waals surface area (Å²) in [4.78, 5) is 8.65. The van der Waals surface area contributed by atoms with Crippen LogP contribution in [-0.4, -0.2) is 21.7 Å². The fraction of sp³-hybridized carbons (Fsp3) is 0.118. The Kier molecular flexibility index (Phi) is 4.57. The van der Waals surface area contributed by atoms with Crippen molar-refractivity contribution in [3.63, 3.8) is 0 Å². The first-order valence-electron chi connectivity index (χ1n) is 6.80. The lowest BCUT2D eigenvalue weighted by atomic mass is 10.2. The van der Waals surface area contributed by atoms with Gasteiger partial charge >= 0.3 is 0 Å². The number of pyridine rings is 1. The Morgan fingerprint density at radius 2 is 2.09 bits per heavy atom. The third kappa shape index (κ3) is 3.51. The lowest BCUT2D eigenvalue weighted by molar-refractivity contribution is 0.367. The van der Waals surface area contributed by atoms with Gasteiger partial charge in [-0.3, -0.25) is 4.98 Å². The zero-order valence-electron chi connectivity index (χ0n) is 12.3. The summed E-state index contributed by atoms with van der Waals surface area (Å²) in [6.45, 7) is 2.14. The lowest BCUT2D eigenvalue weighted by Crippen LogP contribution is -1.96. The molecule has 3 rings (SSSR count). The molecule has 0 spiro atoms. The molecule has 0 aliphatic heterocycles. The van der Waals surface area contributed by atoms with Crippen molar-refractivity contribution in [1.82, 2.24) is 15.1 Å². The zero-order valence-corrected chi connectivity index (χ0v) is 14.4. The molecule has 0 atom stereocenters. The van der Waals surface area contributed by atoms with Crippen molar-refractivity contribution in [3.05, 3.63) is 45.8 Å². The number of benzene rings is 1. The summed E-state index contributed by atoms with van der Waals surface area (Å²) < 4.78 is 11.8. The smallest absolute Gasteiger partial charge is 0.258 e. The molecule has 5 nitrogen and oxygen atoms in total. The minimum absolute atomic E-state index is 0.212. The molecule has 3 aromatic rings. The van der Waals surface area contributed by atoms with E-state index in [2.05, 4.69) is 43.6 Å². The van der Waals surface area contributed by atoms with E-state index in [1.807, 2.05) is 37.3 Å². The van der Waals surface area contributed by atoms with Gasteiger partial charge in [0.15, 0.2) is 0 Å². The van der Waals surface area contributed by atoms with Gasteiger partial charge in [-0.05, 0) is 59.8 Å². The van der Waals surface area contributed by atoms with Gasteiger partial charge in [-0.15, -0.1) is 6.42 Å². The molecule has 0 bridgehead atoms.